The third kappa shape index (κ3) is 5.98. The van der Waals surface area contributed by atoms with Gasteiger partial charge in [-0.15, -0.1) is 0 Å². The molecule has 1 aliphatic heterocycles. The summed E-state index contributed by atoms with van der Waals surface area (Å²) in [7, 11) is 0. The molecule has 2 amide bonds. The van der Waals surface area contributed by atoms with Gasteiger partial charge >= 0.3 is 0 Å². The molecule has 0 aliphatic carbocycles. The standard InChI is InChI=1S/C27H37N3O2.H2/c1-5-15-29(21(4)6-2)16-7-14-28-26(31)23-12-13-24-19-30(27(32)25(24)17-23)18-22-10-8-20(3)9-11-22;/h8-13,17,21H,5-7,14-16,18-19H2,1-4H3,(H,28,31);1H. The number of fused-ring (bicyclic) bond motifs is 1. The van der Waals surface area contributed by atoms with E-state index in [0.29, 0.717) is 36.8 Å². The predicted molar refractivity (Wildman–Crippen MR) is 132 cm³/mol. The zero-order valence-electron chi connectivity index (χ0n) is 20.0. The molecular weight excluding hydrogens is 398 g/mol. The van der Waals surface area contributed by atoms with Crippen LogP contribution in [0.25, 0.3) is 0 Å². The van der Waals surface area contributed by atoms with E-state index < -0.39 is 0 Å². The summed E-state index contributed by atoms with van der Waals surface area (Å²) >= 11 is 0. The Morgan fingerprint density at radius 3 is 2.59 bits per heavy atom. The number of nitrogens with one attached hydrogen (secondary N) is 1. The number of benzene rings is 2. The third-order valence-corrected chi connectivity index (χ3v) is 6.38. The zero-order chi connectivity index (χ0) is 23.1. The van der Waals surface area contributed by atoms with Gasteiger partial charge < -0.3 is 15.1 Å². The highest BCUT2D eigenvalue weighted by Crippen LogP contribution is 2.25. The van der Waals surface area contributed by atoms with Crippen LogP contribution < -0.4 is 5.32 Å². The van der Waals surface area contributed by atoms with E-state index in [-0.39, 0.29) is 13.2 Å². The minimum absolute atomic E-state index is 0. The quantitative estimate of drug-likeness (QED) is 0.502. The number of hydrogen-bond donors (Lipinski definition) is 1. The van der Waals surface area contributed by atoms with Gasteiger partial charge in [-0.2, -0.15) is 0 Å². The van der Waals surface area contributed by atoms with Crippen molar-refractivity contribution in [3.05, 3.63) is 70.3 Å². The van der Waals surface area contributed by atoms with Gasteiger partial charge in [0.15, 0.2) is 0 Å². The van der Waals surface area contributed by atoms with Crippen LogP contribution in [0.4, 0.5) is 0 Å². The molecule has 1 atom stereocenters. The van der Waals surface area contributed by atoms with Gasteiger partial charge in [-0.25, -0.2) is 0 Å². The molecule has 0 saturated heterocycles. The van der Waals surface area contributed by atoms with Crippen LogP contribution in [0.5, 0.6) is 0 Å². The van der Waals surface area contributed by atoms with Gasteiger partial charge in [0.1, 0.15) is 0 Å². The van der Waals surface area contributed by atoms with Crippen LogP contribution in [0.2, 0.25) is 0 Å². The minimum atomic E-state index is -0.108. The Hall–Kier alpha value is -2.66. The molecule has 2 aromatic carbocycles. The number of amides is 2. The summed E-state index contributed by atoms with van der Waals surface area (Å²) in [5, 5.41) is 3.03. The second-order valence-electron chi connectivity index (χ2n) is 8.92. The van der Waals surface area contributed by atoms with Crippen molar-refractivity contribution in [1.82, 2.24) is 15.1 Å². The van der Waals surface area contributed by atoms with E-state index >= 15 is 0 Å². The van der Waals surface area contributed by atoms with Crippen molar-refractivity contribution in [2.75, 3.05) is 19.6 Å². The molecule has 32 heavy (non-hydrogen) atoms. The maximum absolute atomic E-state index is 12.9. The molecule has 0 bridgehead atoms. The average Bonchev–Trinajstić information content (AvgIpc) is 3.11. The number of carbonyl (C=O) groups excluding carboxylic acids is 2. The maximum atomic E-state index is 12.9. The van der Waals surface area contributed by atoms with Crippen LogP contribution in [0.3, 0.4) is 0 Å². The van der Waals surface area contributed by atoms with Gasteiger partial charge in [0, 0.05) is 44.8 Å². The highest BCUT2D eigenvalue weighted by atomic mass is 16.2. The molecule has 174 valence electrons. The number of carbonyl (C=O) groups is 2. The molecule has 0 radical (unpaired) electrons. The summed E-state index contributed by atoms with van der Waals surface area (Å²) in [6.07, 6.45) is 3.20. The third-order valence-electron chi connectivity index (χ3n) is 6.38. The number of aryl methyl sites for hydroxylation is 1. The molecule has 0 saturated carbocycles. The normalized spacial score (nSPS) is 14.0. The molecule has 1 unspecified atom stereocenters. The molecule has 5 heteroatoms. The van der Waals surface area contributed by atoms with Gasteiger partial charge in [-0.1, -0.05) is 49.7 Å². The lowest BCUT2D eigenvalue weighted by Crippen LogP contribution is -2.36. The first-order valence-electron chi connectivity index (χ1n) is 11.9. The number of nitrogens with zero attached hydrogens (tertiary/aromatic N) is 2. The van der Waals surface area contributed by atoms with Crippen LogP contribution in [0.15, 0.2) is 42.5 Å². The van der Waals surface area contributed by atoms with Crippen molar-refractivity contribution in [2.24, 2.45) is 0 Å². The molecule has 3 rings (SSSR count). The van der Waals surface area contributed by atoms with E-state index in [9.17, 15) is 9.59 Å². The van der Waals surface area contributed by atoms with Crippen LogP contribution >= 0.6 is 0 Å². The van der Waals surface area contributed by atoms with E-state index in [2.05, 4.69) is 62.2 Å². The Labute approximate surface area is 194 Å². The molecule has 0 aromatic heterocycles. The summed E-state index contributed by atoms with van der Waals surface area (Å²) in [6.45, 7) is 12.6. The smallest absolute Gasteiger partial charge is 0.254 e. The van der Waals surface area contributed by atoms with Gasteiger partial charge in [0.25, 0.3) is 11.8 Å². The van der Waals surface area contributed by atoms with Gasteiger partial charge in [0.05, 0.1) is 0 Å². The molecular formula is C27H39N3O2. The lowest BCUT2D eigenvalue weighted by Gasteiger charge is -2.27. The van der Waals surface area contributed by atoms with Crippen LogP contribution in [-0.4, -0.2) is 47.3 Å². The fourth-order valence-electron chi connectivity index (χ4n) is 4.23. The first-order valence-corrected chi connectivity index (χ1v) is 11.9. The van der Waals surface area contributed by atoms with Crippen LogP contribution in [0.1, 0.15) is 78.9 Å². The average molecular weight is 438 g/mol. The number of hydrogen-bond acceptors (Lipinski definition) is 3. The largest absolute Gasteiger partial charge is 0.352 e. The van der Waals surface area contributed by atoms with Crippen molar-refractivity contribution in [1.29, 1.82) is 0 Å². The Balaban J connectivity index is 0.00000385. The molecule has 0 spiro atoms. The Morgan fingerprint density at radius 2 is 1.91 bits per heavy atom. The Morgan fingerprint density at radius 1 is 1.16 bits per heavy atom. The fourth-order valence-corrected chi connectivity index (χ4v) is 4.23. The number of rotatable bonds is 11. The minimum Gasteiger partial charge on any atom is -0.352 e. The predicted octanol–water partition coefficient (Wildman–Crippen LogP) is 5.03. The zero-order valence-corrected chi connectivity index (χ0v) is 20.0. The molecule has 5 nitrogen and oxygen atoms in total. The summed E-state index contributed by atoms with van der Waals surface area (Å²) in [5.41, 5.74) is 4.52. The molecule has 2 aromatic rings. The fraction of sp³-hybridized carbons (Fsp3) is 0.481. The Bertz CT molecular complexity index is 929. The molecule has 1 heterocycles. The van der Waals surface area contributed by atoms with Crippen molar-refractivity contribution in [2.45, 2.75) is 66.1 Å². The second-order valence-corrected chi connectivity index (χ2v) is 8.92. The summed E-state index contributed by atoms with van der Waals surface area (Å²) < 4.78 is 0. The van der Waals surface area contributed by atoms with E-state index in [4.69, 9.17) is 0 Å². The first kappa shape index (κ1) is 24.0. The van der Waals surface area contributed by atoms with Gasteiger partial charge in [-0.05, 0) is 62.9 Å². The second kappa shape index (κ2) is 11.3. The van der Waals surface area contributed by atoms with Crippen molar-refractivity contribution >= 4 is 11.8 Å². The van der Waals surface area contributed by atoms with E-state index in [1.807, 2.05) is 17.0 Å². The highest BCUT2D eigenvalue weighted by Gasteiger charge is 2.28. The maximum Gasteiger partial charge on any atom is 0.254 e. The topological polar surface area (TPSA) is 52.7 Å². The highest BCUT2D eigenvalue weighted by molar-refractivity contribution is 6.02. The van der Waals surface area contributed by atoms with Crippen molar-refractivity contribution in [3.8, 4) is 0 Å². The van der Waals surface area contributed by atoms with Crippen molar-refractivity contribution < 1.29 is 11.0 Å². The Kier molecular flexibility index (Phi) is 8.46. The SMILES string of the molecule is CCCN(CCCNC(=O)c1ccc2c(c1)C(=O)N(Cc1ccc(C)cc1)C2)C(C)CC.[HH]. The van der Waals surface area contributed by atoms with E-state index in [0.717, 1.165) is 43.5 Å². The van der Waals surface area contributed by atoms with E-state index in [1.54, 1.807) is 6.07 Å². The first-order chi connectivity index (χ1) is 15.4. The van der Waals surface area contributed by atoms with Gasteiger partial charge in [0.2, 0.25) is 0 Å². The van der Waals surface area contributed by atoms with Crippen LogP contribution in [0, 0.1) is 6.92 Å². The lowest BCUT2D eigenvalue weighted by atomic mass is 10.1. The van der Waals surface area contributed by atoms with Crippen molar-refractivity contribution in [3.63, 3.8) is 0 Å². The molecule has 1 N–H and O–H groups in total. The van der Waals surface area contributed by atoms with Crippen LogP contribution in [-0.2, 0) is 13.1 Å². The van der Waals surface area contributed by atoms with E-state index in [1.165, 1.54) is 5.56 Å². The monoisotopic (exact) mass is 437 g/mol. The molecule has 1 aliphatic rings. The summed E-state index contributed by atoms with van der Waals surface area (Å²) in [4.78, 5) is 29.9. The molecule has 0 fully saturated rings. The lowest BCUT2D eigenvalue weighted by molar-refractivity contribution is 0.0766. The van der Waals surface area contributed by atoms with Gasteiger partial charge in [-0.3, -0.25) is 9.59 Å². The summed E-state index contributed by atoms with van der Waals surface area (Å²) in [5.74, 6) is -0.109. The summed E-state index contributed by atoms with van der Waals surface area (Å²) in [6, 6.07) is 14.3.